The fourth-order valence-electron chi connectivity index (χ4n) is 2.44. The summed E-state index contributed by atoms with van der Waals surface area (Å²) in [6, 6.07) is 14.1. The number of carbonyl (C=O) groups is 2. The SMILES string of the molecule is CC(=O)Nc1ccc(Cl)c(C(=O)N(C)CC[C@H](O)c2ccccc2)c1. The number of halogens is 1. The van der Waals surface area contributed by atoms with E-state index in [9.17, 15) is 14.7 Å². The van der Waals surface area contributed by atoms with Crippen molar-refractivity contribution in [3.8, 4) is 0 Å². The van der Waals surface area contributed by atoms with Crippen LogP contribution in [0.1, 0.15) is 35.4 Å². The lowest BCUT2D eigenvalue weighted by Crippen LogP contribution is -2.29. The second kappa shape index (κ2) is 8.65. The summed E-state index contributed by atoms with van der Waals surface area (Å²) in [6.45, 7) is 1.77. The maximum Gasteiger partial charge on any atom is 0.255 e. The Balaban J connectivity index is 2.03. The molecular weight excluding hydrogens is 340 g/mol. The van der Waals surface area contributed by atoms with Crippen LogP contribution in [0.3, 0.4) is 0 Å². The van der Waals surface area contributed by atoms with Gasteiger partial charge in [-0.1, -0.05) is 41.9 Å². The van der Waals surface area contributed by atoms with E-state index in [0.29, 0.717) is 29.2 Å². The summed E-state index contributed by atoms with van der Waals surface area (Å²) < 4.78 is 0. The van der Waals surface area contributed by atoms with Gasteiger partial charge in [-0.25, -0.2) is 0 Å². The molecule has 25 heavy (non-hydrogen) atoms. The van der Waals surface area contributed by atoms with Gasteiger partial charge in [0.05, 0.1) is 16.7 Å². The Morgan fingerprint density at radius 1 is 1.20 bits per heavy atom. The molecule has 0 fully saturated rings. The number of nitrogens with zero attached hydrogens (tertiary/aromatic N) is 1. The molecule has 2 rings (SSSR count). The van der Waals surface area contributed by atoms with Gasteiger partial charge in [-0.2, -0.15) is 0 Å². The zero-order chi connectivity index (χ0) is 18.4. The highest BCUT2D eigenvalue weighted by molar-refractivity contribution is 6.34. The molecule has 0 bridgehead atoms. The Hall–Kier alpha value is -2.37. The molecule has 0 saturated carbocycles. The molecule has 0 aromatic heterocycles. The molecule has 2 aromatic carbocycles. The van der Waals surface area contributed by atoms with Crippen LogP contribution in [-0.4, -0.2) is 35.4 Å². The molecule has 0 saturated heterocycles. The molecule has 0 aliphatic rings. The Morgan fingerprint density at radius 2 is 1.88 bits per heavy atom. The van der Waals surface area contributed by atoms with Gasteiger partial charge in [0, 0.05) is 26.2 Å². The van der Waals surface area contributed by atoms with E-state index in [2.05, 4.69) is 5.32 Å². The second-order valence-electron chi connectivity index (χ2n) is 5.82. The van der Waals surface area contributed by atoms with Gasteiger partial charge in [0.15, 0.2) is 0 Å². The van der Waals surface area contributed by atoms with Crippen molar-refractivity contribution in [3.63, 3.8) is 0 Å². The average Bonchev–Trinajstić information content (AvgIpc) is 2.60. The van der Waals surface area contributed by atoms with Crippen LogP contribution in [-0.2, 0) is 4.79 Å². The number of hydrogen-bond acceptors (Lipinski definition) is 3. The lowest BCUT2D eigenvalue weighted by molar-refractivity contribution is -0.114. The van der Waals surface area contributed by atoms with E-state index in [1.54, 1.807) is 25.2 Å². The summed E-state index contributed by atoms with van der Waals surface area (Å²) in [4.78, 5) is 25.3. The molecule has 0 radical (unpaired) electrons. The van der Waals surface area contributed by atoms with Crippen molar-refractivity contribution in [1.82, 2.24) is 4.90 Å². The molecule has 2 aromatic rings. The number of rotatable bonds is 6. The van der Waals surface area contributed by atoms with Gasteiger partial charge in [-0.05, 0) is 30.2 Å². The largest absolute Gasteiger partial charge is 0.388 e. The van der Waals surface area contributed by atoms with Crippen molar-refractivity contribution in [2.45, 2.75) is 19.4 Å². The third-order valence-electron chi connectivity index (χ3n) is 3.79. The van der Waals surface area contributed by atoms with Crippen molar-refractivity contribution in [2.24, 2.45) is 0 Å². The highest BCUT2D eigenvalue weighted by Crippen LogP contribution is 2.23. The Morgan fingerprint density at radius 3 is 2.52 bits per heavy atom. The van der Waals surface area contributed by atoms with Crippen molar-refractivity contribution in [3.05, 3.63) is 64.7 Å². The van der Waals surface area contributed by atoms with E-state index in [1.165, 1.54) is 11.8 Å². The minimum atomic E-state index is -0.641. The van der Waals surface area contributed by atoms with Gasteiger partial charge < -0.3 is 15.3 Å². The third-order valence-corrected chi connectivity index (χ3v) is 4.12. The maximum atomic E-state index is 12.6. The predicted octanol–water partition coefficient (Wildman–Crippen LogP) is 3.49. The molecule has 132 valence electrons. The molecular formula is C19H21ClN2O3. The van der Waals surface area contributed by atoms with Gasteiger partial charge in [0.2, 0.25) is 5.91 Å². The van der Waals surface area contributed by atoms with Crippen molar-refractivity contribution in [2.75, 3.05) is 18.9 Å². The minimum Gasteiger partial charge on any atom is -0.388 e. The zero-order valence-corrected chi connectivity index (χ0v) is 15.0. The molecule has 0 aliphatic carbocycles. The molecule has 0 heterocycles. The molecule has 0 spiro atoms. The van der Waals surface area contributed by atoms with E-state index in [1.807, 2.05) is 30.3 Å². The number of amides is 2. The molecule has 1 atom stereocenters. The highest BCUT2D eigenvalue weighted by Gasteiger charge is 2.17. The Labute approximate surface area is 152 Å². The Kier molecular flexibility index (Phi) is 6.56. The molecule has 2 N–H and O–H groups in total. The number of benzene rings is 2. The van der Waals surface area contributed by atoms with Crippen LogP contribution < -0.4 is 5.32 Å². The lowest BCUT2D eigenvalue weighted by atomic mass is 10.1. The van der Waals surface area contributed by atoms with Gasteiger partial charge in [0.25, 0.3) is 5.91 Å². The average molecular weight is 361 g/mol. The number of aliphatic hydroxyl groups is 1. The van der Waals surface area contributed by atoms with Crippen LogP contribution in [0.2, 0.25) is 5.02 Å². The first-order valence-corrected chi connectivity index (χ1v) is 8.32. The standard InChI is InChI=1S/C19H21ClN2O3/c1-13(23)21-15-8-9-17(20)16(12-15)19(25)22(2)11-10-18(24)14-6-4-3-5-7-14/h3-9,12,18,24H,10-11H2,1-2H3,(H,21,23)/t18-/m0/s1. The van der Waals surface area contributed by atoms with E-state index < -0.39 is 6.10 Å². The van der Waals surface area contributed by atoms with E-state index >= 15 is 0 Å². The highest BCUT2D eigenvalue weighted by atomic mass is 35.5. The van der Waals surface area contributed by atoms with Gasteiger partial charge >= 0.3 is 0 Å². The van der Waals surface area contributed by atoms with Crippen LogP contribution in [0.25, 0.3) is 0 Å². The van der Waals surface area contributed by atoms with Crippen LogP contribution in [0, 0.1) is 0 Å². The third kappa shape index (κ3) is 5.31. The van der Waals surface area contributed by atoms with Crippen LogP contribution >= 0.6 is 11.6 Å². The number of nitrogens with one attached hydrogen (secondary N) is 1. The quantitative estimate of drug-likeness (QED) is 0.828. The summed E-state index contributed by atoms with van der Waals surface area (Å²) in [5.74, 6) is -0.488. The molecule has 2 amide bonds. The first-order valence-electron chi connectivity index (χ1n) is 7.94. The summed E-state index contributed by atoms with van der Waals surface area (Å²) in [6.07, 6.45) is -0.229. The number of anilines is 1. The lowest BCUT2D eigenvalue weighted by Gasteiger charge is -2.20. The molecule has 0 aliphatic heterocycles. The van der Waals surface area contributed by atoms with Gasteiger partial charge in [-0.3, -0.25) is 9.59 Å². The summed E-state index contributed by atoms with van der Waals surface area (Å²) in [5.41, 5.74) is 1.64. The second-order valence-corrected chi connectivity index (χ2v) is 6.22. The maximum absolute atomic E-state index is 12.6. The normalized spacial score (nSPS) is 11.7. The van der Waals surface area contributed by atoms with Crippen LogP contribution in [0.4, 0.5) is 5.69 Å². The predicted molar refractivity (Wildman–Crippen MR) is 98.7 cm³/mol. The van der Waals surface area contributed by atoms with Crippen molar-refractivity contribution in [1.29, 1.82) is 0 Å². The fourth-order valence-corrected chi connectivity index (χ4v) is 2.63. The van der Waals surface area contributed by atoms with E-state index in [0.717, 1.165) is 5.56 Å². The van der Waals surface area contributed by atoms with Crippen molar-refractivity contribution < 1.29 is 14.7 Å². The number of carbonyl (C=O) groups excluding carboxylic acids is 2. The van der Waals surface area contributed by atoms with E-state index in [4.69, 9.17) is 11.6 Å². The van der Waals surface area contributed by atoms with Crippen molar-refractivity contribution >= 4 is 29.1 Å². The number of hydrogen-bond donors (Lipinski definition) is 2. The summed E-state index contributed by atoms with van der Waals surface area (Å²) in [7, 11) is 1.65. The van der Waals surface area contributed by atoms with Gasteiger partial charge in [0.1, 0.15) is 0 Å². The Bertz CT molecular complexity index is 750. The topological polar surface area (TPSA) is 69.6 Å². The van der Waals surface area contributed by atoms with Gasteiger partial charge in [-0.15, -0.1) is 0 Å². The molecule has 0 unspecified atom stereocenters. The zero-order valence-electron chi connectivity index (χ0n) is 14.2. The first kappa shape index (κ1) is 19.0. The van der Waals surface area contributed by atoms with Crippen LogP contribution in [0.15, 0.2) is 48.5 Å². The fraction of sp³-hybridized carbons (Fsp3) is 0.263. The minimum absolute atomic E-state index is 0.222. The molecule has 6 heteroatoms. The summed E-state index contributed by atoms with van der Waals surface area (Å²) in [5, 5.41) is 13.2. The van der Waals surface area contributed by atoms with Crippen LogP contribution in [0.5, 0.6) is 0 Å². The van der Waals surface area contributed by atoms with E-state index in [-0.39, 0.29) is 11.8 Å². The smallest absolute Gasteiger partial charge is 0.255 e. The summed E-state index contributed by atoms with van der Waals surface area (Å²) >= 11 is 6.12. The monoisotopic (exact) mass is 360 g/mol. The number of aliphatic hydroxyl groups excluding tert-OH is 1. The molecule has 5 nitrogen and oxygen atoms in total. The first-order chi connectivity index (χ1) is 11.9.